The van der Waals surface area contributed by atoms with E-state index in [2.05, 4.69) is 4.98 Å². The molecule has 0 saturated carbocycles. The van der Waals surface area contributed by atoms with Crippen LogP contribution in [0.15, 0.2) is 18.3 Å². The standard InChI is InChI=1S/C15H22ClN3O2/c1-14(2,3)21-13(20)19-8-6-15(17,7-9-19)11-4-5-12(16)18-10-11/h4-5,10H,6-9,17H2,1-3H3. The van der Waals surface area contributed by atoms with Gasteiger partial charge in [0.1, 0.15) is 10.8 Å². The lowest BCUT2D eigenvalue weighted by Gasteiger charge is -2.39. The summed E-state index contributed by atoms with van der Waals surface area (Å²) in [5.41, 5.74) is 6.47. The predicted octanol–water partition coefficient (Wildman–Crippen LogP) is 2.92. The zero-order valence-electron chi connectivity index (χ0n) is 12.7. The topological polar surface area (TPSA) is 68.5 Å². The monoisotopic (exact) mass is 311 g/mol. The molecule has 1 saturated heterocycles. The molecule has 1 amide bonds. The van der Waals surface area contributed by atoms with E-state index in [4.69, 9.17) is 22.1 Å². The Morgan fingerprint density at radius 3 is 2.48 bits per heavy atom. The van der Waals surface area contributed by atoms with E-state index in [9.17, 15) is 4.79 Å². The van der Waals surface area contributed by atoms with Crippen LogP contribution in [0, 0.1) is 0 Å². The molecule has 1 aliphatic heterocycles. The highest BCUT2D eigenvalue weighted by molar-refractivity contribution is 6.29. The van der Waals surface area contributed by atoms with Gasteiger partial charge in [0, 0.05) is 24.8 Å². The quantitative estimate of drug-likeness (QED) is 0.810. The van der Waals surface area contributed by atoms with E-state index in [-0.39, 0.29) is 6.09 Å². The molecule has 0 radical (unpaired) electrons. The van der Waals surface area contributed by atoms with Crippen LogP contribution in [0.3, 0.4) is 0 Å². The third-order valence-electron chi connectivity index (χ3n) is 3.61. The zero-order valence-corrected chi connectivity index (χ0v) is 13.5. The van der Waals surface area contributed by atoms with Crippen LogP contribution in [0.4, 0.5) is 4.79 Å². The average Bonchev–Trinajstić information content (AvgIpc) is 2.38. The highest BCUT2D eigenvalue weighted by atomic mass is 35.5. The number of ether oxygens (including phenoxy) is 1. The fraction of sp³-hybridized carbons (Fsp3) is 0.600. The number of pyridine rings is 1. The summed E-state index contributed by atoms with van der Waals surface area (Å²) in [6, 6.07) is 3.64. The molecule has 21 heavy (non-hydrogen) atoms. The van der Waals surface area contributed by atoms with Crippen molar-refractivity contribution in [2.45, 2.75) is 44.8 Å². The van der Waals surface area contributed by atoms with Crippen LogP contribution in [0.5, 0.6) is 0 Å². The molecule has 2 N–H and O–H groups in total. The molecule has 116 valence electrons. The van der Waals surface area contributed by atoms with Crippen LogP contribution >= 0.6 is 11.6 Å². The number of amides is 1. The Balaban J connectivity index is 1.99. The Kier molecular flexibility index (Phi) is 4.44. The van der Waals surface area contributed by atoms with Crippen molar-refractivity contribution in [3.63, 3.8) is 0 Å². The number of rotatable bonds is 1. The highest BCUT2D eigenvalue weighted by Crippen LogP contribution is 2.30. The Labute approximate surface area is 130 Å². The third-order valence-corrected chi connectivity index (χ3v) is 3.83. The van der Waals surface area contributed by atoms with Gasteiger partial charge in [-0.25, -0.2) is 9.78 Å². The van der Waals surface area contributed by atoms with Crippen LogP contribution in [0.2, 0.25) is 5.15 Å². The van der Waals surface area contributed by atoms with Gasteiger partial charge in [-0.15, -0.1) is 0 Å². The van der Waals surface area contributed by atoms with Gasteiger partial charge >= 0.3 is 6.09 Å². The molecule has 0 atom stereocenters. The van der Waals surface area contributed by atoms with E-state index in [1.165, 1.54) is 0 Å². The summed E-state index contributed by atoms with van der Waals surface area (Å²) >= 11 is 5.80. The molecule has 1 fully saturated rings. The molecule has 0 aromatic carbocycles. The van der Waals surface area contributed by atoms with Crippen LogP contribution in [0.25, 0.3) is 0 Å². The summed E-state index contributed by atoms with van der Waals surface area (Å²) in [4.78, 5) is 17.8. The number of carbonyl (C=O) groups excluding carboxylic acids is 1. The van der Waals surface area contributed by atoms with Gasteiger partial charge in [0.15, 0.2) is 0 Å². The first-order chi connectivity index (χ1) is 9.70. The van der Waals surface area contributed by atoms with Crippen molar-refractivity contribution >= 4 is 17.7 Å². The molecule has 1 aliphatic rings. The van der Waals surface area contributed by atoms with E-state index in [1.807, 2.05) is 26.8 Å². The number of hydrogen-bond acceptors (Lipinski definition) is 4. The predicted molar refractivity (Wildman–Crippen MR) is 82.2 cm³/mol. The molecule has 0 aliphatic carbocycles. The van der Waals surface area contributed by atoms with Gasteiger partial charge in [-0.3, -0.25) is 0 Å². The SMILES string of the molecule is CC(C)(C)OC(=O)N1CCC(N)(c2ccc(Cl)nc2)CC1. The molecular formula is C15H22ClN3O2. The molecule has 2 heterocycles. The van der Waals surface area contributed by atoms with Crippen molar-refractivity contribution in [1.82, 2.24) is 9.88 Å². The lowest BCUT2D eigenvalue weighted by atomic mass is 9.83. The van der Waals surface area contributed by atoms with E-state index in [1.54, 1.807) is 17.2 Å². The number of halogens is 1. The van der Waals surface area contributed by atoms with Crippen LogP contribution in [-0.4, -0.2) is 34.7 Å². The normalized spacial score (nSPS) is 18.4. The largest absolute Gasteiger partial charge is 0.444 e. The summed E-state index contributed by atoms with van der Waals surface area (Å²) < 4.78 is 5.38. The maximum Gasteiger partial charge on any atom is 0.410 e. The summed E-state index contributed by atoms with van der Waals surface area (Å²) in [6.45, 7) is 6.74. The van der Waals surface area contributed by atoms with Gasteiger partial charge in [-0.2, -0.15) is 0 Å². The fourth-order valence-corrected chi connectivity index (χ4v) is 2.49. The van der Waals surface area contributed by atoms with Gasteiger partial charge in [0.25, 0.3) is 0 Å². The number of nitrogens with two attached hydrogens (primary N) is 1. The number of piperidine rings is 1. The molecule has 1 aromatic rings. The minimum Gasteiger partial charge on any atom is -0.444 e. The molecule has 5 nitrogen and oxygen atoms in total. The highest BCUT2D eigenvalue weighted by Gasteiger charge is 2.35. The molecule has 2 rings (SSSR count). The van der Waals surface area contributed by atoms with Crippen molar-refractivity contribution in [2.24, 2.45) is 5.73 Å². The Hall–Kier alpha value is -1.33. The third kappa shape index (κ3) is 4.08. The smallest absolute Gasteiger partial charge is 0.410 e. The van der Waals surface area contributed by atoms with Crippen LogP contribution in [0.1, 0.15) is 39.2 Å². The minimum atomic E-state index is -0.478. The Bertz CT molecular complexity index is 503. The van der Waals surface area contributed by atoms with Gasteiger partial charge in [0.2, 0.25) is 0 Å². The van der Waals surface area contributed by atoms with Crippen molar-refractivity contribution in [1.29, 1.82) is 0 Å². The first-order valence-electron chi connectivity index (χ1n) is 7.08. The number of aromatic nitrogens is 1. The van der Waals surface area contributed by atoms with Gasteiger partial charge in [0.05, 0.1) is 0 Å². The first kappa shape index (κ1) is 16.0. The van der Waals surface area contributed by atoms with Crippen molar-refractivity contribution in [3.8, 4) is 0 Å². The van der Waals surface area contributed by atoms with Gasteiger partial charge in [-0.1, -0.05) is 17.7 Å². The van der Waals surface area contributed by atoms with E-state index in [0.29, 0.717) is 31.1 Å². The molecular weight excluding hydrogens is 290 g/mol. The Morgan fingerprint density at radius 2 is 2.00 bits per heavy atom. The van der Waals surface area contributed by atoms with Gasteiger partial charge in [-0.05, 0) is 45.2 Å². The first-order valence-corrected chi connectivity index (χ1v) is 7.46. The maximum absolute atomic E-state index is 12.0. The number of carbonyl (C=O) groups is 1. The van der Waals surface area contributed by atoms with E-state index in [0.717, 1.165) is 5.56 Å². The summed E-state index contributed by atoms with van der Waals surface area (Å²) in [5.74, 6) is 0. The van der Waals surface area contributed by atoms with E-state index < -0.39 is 11.1 Å². The van der Waals surface area contributed by atoms with Crippen molar-refractivity contribution in [2.75, 3.05) is 13.1 Å². The average molecular weight is 312 g/mol. The number of nitrogens with zero attached hydrogens (tertiary/aromatic N) is 2. The second-order valence-electron chi connectivity index (χ2n) is 6.49. The molecule has 0 bridgehead atoms. The van der Waals surface area contributed by atoms with Crippen LogP contribution in [-0.2, 0) is 10.3 Å². The van der Waals surface area contributed by atoms with E-state index >= 15 is 0 Å². The zero-order chi connectivity index (χ0) is 15.7. The number of likely N-dealkylation sites (tertiary alicyclic amines) is 1. The molecule has 0 unspecified atom stereocenters. The lowest BCUT2D eigenvalue weighted by molar-refractivity contribution is 0.0166. The van der Waals surface area contributed by atoms with Gasteiger partial charge < -0.3 is 15.4 Å². The second kappa shape index (κ2) is 5.81. The fourth-order valence-electron chi connectivity index (χ4n) is 2.37. The summed E-state index contributed by atoms with van der Waals surface area (Å²) in [5, 5.41) is 0.452. The van der Waals surface area contributed by atoms with Crippen molar-refractivity contribution < 1.29 is 9.53 Å². The minimum absolute atomic E-state index is 0.279. The second-order valence-corrected chi connectivity index (χ2v) is 6.88. The lowest BCUT2D eigenvalue weighted by Crippen LogP contribution is -2.50. The van der Waals surface area contributed by atoms with Crippen LogP contribution < -0.4 is 5.73 Å². The maximum atomic E-state index is 12.0. The molecule has 1 aromatic heterocycles. The van der Waals surface area contributed by atoms with Crippen molar-refractivity contribution in [3.05, 3.63) is 29.0 Å². The molecule has 0 spiro atoms. The summed E-state index contributed by atoms with van der Waals surface area (Å²) in [6.07, 6.45) is 2.79. The molecule has 6 heteroatoms. The Morgan fingerprint density at radius 1 is 1.38 bits per heavy atom. The number of hydrogen-bond donors (Lipinski definition) is 1. The summed E-state index contributed by atoms with van der Waals surface area (Å²) in [7, 11) is 0.